The van der Waals surface area contributed by atoms with E-state index >= 15 is 0 Å². The lowest BCUT2D eigenvalue weighted by Crippen LogP contribution is -1.88. The van der Waals surface area contributed by atoms with Gasteiger partial charge in [0.2, 0.25) is 0 Å². The summed E-state index contributed by atoms with van der Waals surface area (Å²) in [5.41, 5.74) is 7.56. The zero-order valence-electron chi connectivity index (χ0n) is 11.2. The SMILES string of the molecule is CCCCc1ccc2c(c1)Cc1cc(C#N)ccc1-2. The molecule has 0 unspecified atom stereocenters. The molecule has 0 amide bonds. The molecule has 0 aliphatic heterocycles. The van der Waals surface area contributed by atoms with E-state index in [2.05, 4.69) is 37.3 Å². The van der Waals surface area contributed by atoms with E-state index in [1.807, 2.05) is 12.1 Å². The number of aryl methyl sites for hydroxylation is 1. The summed E-state index contributed by atoms with van der Waals surface area (Å²) in [4.78, 5) is 0. The maximum absolute atomic E-state index is 8.98. The second-order valence-electron chi connectivity index (χ2n) is 5.26. The first kappa shape index (κ1) is 12.0. The summed E-state index contributed by atoms with van der Waals surface area (Å²) < 4.78 is 0. The fourth-order valence-electron chi connectivity index (χ4n) is 2.87. The summed E-state index contributed by atoms with van der Waals surface area (Å²) in [5.74, 6) is 0. The standard InChI is InChI=1S/C18H17N/c1-2-3-4-13-5-7-17-15(9-13)11-16-10-14(12-19)6-8-18(16)17/h5-10H,2-4,11H2,1H3. The number of nitriles is 1. The van der Waals surface area contributed by atoms with Crippen LogP contribution in [0, 0.1) is 11.3 Å². The van der Waals surface area contributed by atoms with Gasteiger partial charge in [-0.3, -0.25) is 0 Å². The summed E-state index contributed by atoms with van der Waals surface area (Å²) in [5, 5.41) is 8.98. The molecule has 2 aromatic carbocycles. The highest BCUT2D eigenvalue weighted by molar-refractivity contribution is 5.77. The fourth-order valence-corrected chi connectivity index (χ4v) is 2.87. The van der Waals surface area contributed by atoms with E-state index in [0.717, 1.165) is 12.0 Å². The Kier molecular flexibility index (Phi) is 3.09. The molecule has 0 atom stereocenters. The van der Waals surface area contributed by atoms with Crippen LogP contribution in [0.3, 0.4) is 0 Å². The van der Waals surface area contributed by atoms with Crippen molar-refractivity contribution in [2.24, 2.45) is 0 Å². The first-order valence-electron chi connectivity index (χ1n) is 6.97. The minimum atomic E-state index is 0.762. The van der Waals surface area contributed by atoms with Crippen LogP contribution in [0.4, 0.5) is 0 Å². The molecular weight excluding hydrogens is 230 g/mol. The molecule has 0 bridgehead atoms. The Morgan fingerprint density at radius 3 is 2.53 bits per heavy atom. The lowest BCUT2D eigenvalue weighted by Gasteiger charge is -2.04. The topological polar surface area (TPSA) is 23.8 Å². The lowest BCUT2D eigenvalue weighted by atomic mass is 10.0. The smallest absolute Gasteiger partial charge is 0.0991 e. The van der Waals surface area contributed by atoms with Gasteiger partial charge in [0.1, 0.15) is 0 Å². The third-order valence-corrected chi connectivity index (χ3v) is 3.89. The van der Waals surface area contributed by atoms with Gasteiger partial charge in [-0.1, -0.05) is 37.6 Å². The minimum Gasteiger partial charge on any atom is -0.192 e. The summed E-state index contributed by atoms with van der Waals surface area (Å²) >= 11 is 0. The second kappa shape index (κ2) is 4.90. The second-order valence-corrected chi connectivity index (χ2v) is 5.26. The maximum atomic E-state index is 8.98. The van der Waals surface area contributed by atoms with E-state index in [4.69, 9.17) is 5.26 Å². The molecule has 0 radical (unpaired) electrons. The molecule has 3 rings (SSSR count). The van der Waals surface area contributed by atoms with Gasteiger partial charge in [-0.25, -0.2) is 0 Å². The molecule has 0 fully saturated rings. The average Bonchev–Trinajstić information content (AvgIpc) is 2.81. The summed E-state index contributed by atoms with van der Waals surface area (Å²) in [6.45, 7) is 2.23. The Hall–Kier alpha value is -2.07. The third kappa shape index (κ3) is 2.15. The van der Waals surface area contributed by atoms with Gasteiger partial charge in [-0.15, -0.1) is 0 Å². The molecule has 0 N–H and O–H groups in total. The van der Waals surface area contributed by atoms with Crippen molar-refractivity contribution in [2.75, 3.05) is 0 Å². The largest absolute Gasteiger partial charge is 0.192 e. The number of rotatable bonds is 3. The lowest BCUT2D eigenvalue weighted by molar-refractivity contribution is 0.794. The molecule has 0 aromatic heterocycles. The molecule has 0 spiro atoms. The highest BCUT2D eigenvalue weighted by atomic mass is 14.3. The molecule has 0 saturated heterocycles. The van der Waals surface area contributed by atoms with Gasteiger partial charge in [0.25, 0.3) is 0 Å². The van der Waals surface area contributed by atoms with Crippen LogP contribution in [0.1, 0.15) is 42.0 Å². The minimum absolute atomic E-state index is 0.762. The number of benzene rings is 2. The van der Waals surface area contributed by atoms with Crippen molar-refractivity contribution < 1.29 is 0 Å². The number of hydrogen-bond acceptors (Lipinski definition) is 1. The zero-order valence-corrected chi connectivity index (χ0v) is 11.2. The van der Waals surface area contributed by atoms with E-state index in [9.17, 15) is 0 Å². The normalized spacial score (nSPS) is 11.8. The molecule has 0 heterocycles. The molecule has 1 aliphatic rings. The van der Waals surface area contributed by atoms with Crippen LogP contribution in [0.25, 0.3) is 11.1 Å². The Labute approximate surface area is 114 Å². The first-order valence-corrected chi connectivity index (χ1v) is 6.97. The van der Waals surface area contributed by atoms with Gasteiger partial charge < -0.3 is 0 Å². The zero-order chi connectivity index (χ0) is 13.2. The van der Waals surface area contributed by atoms with Crippen molar-refractivity contribution in [3.63, 3.8) is 0 Å². The van der Waals surface area contributed by atoms with Crippen molar-refractivity contribution in [3.8, 4) is 17.2 Å². The van der Waals surface area contributed by atoms with E-state index in [0.29, 0.717) is 0 Å². The van der Waals surface area contributed by atoms with E-state index in [-0.39, 0.29) is 0 Å². The molecule has 94 valence electrons. The van der Waals surface area contributed by atoms with Crippen LogP contribution in [-0.4, -0.2) is 0 Å². The average molecular weight is 247 g/mol. The summed E-state index contributed by atoms with van der Waals surface area (Å²) in [6.07, 6.45) is 4.64. The molecule has 2 aromatic rings. The van der Waals surface area contributed by atoms with Crippen LogP contribution < -0.4 is 0 Å². The first-order chi connectivity index (χ1) is 9.31. The van der Waals surface area contributed by atoms with Crippen molar-refractivity contribution in [2.45, 2.75) is 32.6 Å². The number of unbranched alkanes of at least 4 members (excludes halogenated alkanes) is 1. The summed E-state index contributed by atoms with van der Waals surface area (Å²) in [7, 11) is 0. The summed E-state index contributed by atoms with van der Waals surface area (Å²) in [6, 6.07) is 15.1. The van der Waals surface area contributed by atoms with Gasteiger partial charge >= 0.3 is 0 Å². The Morgan fingerprint density at radius 2 is 1.79 bits per heavy atom. The number of hydrogen-bond donors (Lipinski definition) is 0. The Morgan fingerprint density at radius 1 is 1.05 bits per heavy atom. The molecule has 0 saturated carbocycles. The van der Waals surface area contributed by atoms with E-state index in [1.165, 1.54) is 47.1 Å². The highest BCUT2D eigenvalue weighted by Gasteiger charge is 2.18. The monoisotopic (exact) mass is 247 g/mol. The molecule has 1 heteroatoms. The Balaban J connectivity index is 1.96. The van der Waals surface area contributed by atoms with Gasteiger partial charge in [0.15, 0.2) is 0 Å². The maximum Gasteiger partial charge on any atom is 0.0991 e. The number of nitrogens with zero attached hydrogens (tertiary/aromatic N) is 1. The van der Waals surface area contributed by atoms with Crippen molar-refractivity contribution in [1.29, 1.82) is 5.26 Å². The van der Waals surface area contributed by atoms with Gasteiger partial charge in [-0.2, -0.15) is 5.26 Å². The third-order valence-electron chi connectivity index (χ3n) is 3.89. The van der Waals surface area contributed by atoms with Crippen LogP contribution >= 0.6 is 0 Å². The quantitative estimate of drug-likeness (QED) is 0.669. The predicted octanol–water partition coefficient (Wildman–Crippen LogP) is 4.47. The molecule has 1 aliphatic carbocycles. The van der Waals surface area contributed by atoms with E-state index in [1.54, 1.807) is 0 Å². The van der Waals surface area contributed by atoms with Crippen LogP contribution in [0.5, 0.6) is 0 Å². The van der Waals surface area contributed by atoms with Crippen molar-refractivity contribution in [1.82, 2.24) is 0 Å². The van der Waals surface area contributed by atoms with Crippen molar-refractivity contribution >= 4 is 0 Å². The van der Waals surface area contributed by atoms with Crippen LogP contribution in [0.2, 0.25) is 0 Å². The Bertz CT molecular complexity index is 662. The molecule has 1 nitrogen and oxygen atoms in total. The van der Waals surface area contributed by atoms with Crippen LogP contribution in [0.15, 0.2) is 36.4 Å². The molecule has 19 heavy (non-hydrogen) atoms. The fraction of sp³-hybridized carbons (Fsp3) is 0.278. The van der Waals surface area contributed by atoms with Gasteiger partial charge in [0, 0.05) is 0 Å². The van der Waals surface area contributed by atoms with Gasteiger partial charge in [0.05, 0.1) is 11.6 Å². The number of fused-ring (bicyclic) bond motifs is 3. The predicted molar refractivity (Wildman–Crippen MR) is 78.0 cm³/mol. The molecular formula is C18H17N. The van der Waals surface area contributed by atoms with E-state index < -0.39 is 0 Å². The van der Waals surface area contributed by atoms with Crippen molar-refractivity contribution in [3.05, 3.63) is 58.7 Å². The van der Waals surface area contributed by atoms with Gasteiger partial charge in [-0.05, 0) is 59.2 Å². The van der Waals surface area contributed by atoms with Crippen LogP contribution in [-0.2, 0) is 12.8 Å². The highest BCUT2D eigenvalue weighted by Crippen LogP contribution is 2.37.